The molecule has 0 aromatic carbocycles. The summed E-state index contributed by atoms with van der Waals surface area (Å²) in [5.74, 6) is 12.6. The number of aliphatic hydroxyl groups is 1. The first kappa shape index (κ1) is 14.7. The molecule has 0 aromatic rings. The third-order valence-corrected chi connectivity index (χ3v) is 3.80. The van der Waals surface area contributed by atoms with Crippen LogP contribution in [0, 0.1) is 29.1 Å². The molecule has 3 heteroatoms. The average molecular weight is 272 g/mol. The van der Waals surface area contributed by atoms with Gasteiger partial charge in [0.15, 0.2) is 0 Å². The van der Waals surface area contributed by atoms with Gasteiger partial charge in [-0.25, -0.2) is 0 Å². The van der Waals surface area contributed by atoms with Crippen molar-refractivity contribution >= 4 is 0 Å². The van der Waals surface area contributed by atoms with Gasteiger partial charge in [-0.3, -0.25) is 0 Å². The molecule has 3 nitrogen and oxygen atoms in total. The van der Waals surface area contributed by atoms with Crippen LogP contribution >= 0.6 is 0 Å². The Kier molecular flexibility index (Phi) is 3.95. The molecule has 20 heavy (non-hydrogen) atoms. The first-order valence-corrected chi connectivity index (χ1v) is 6.64. The fourth-order valence-electron chi connectivity index (χ4n) is 3.06. The maximum absolute atomic E-state index is 10.3. The second kappa shape index (κ2) is 5.37. The second-order valence-corrected chi connectivity index (χ2v) is 5.79. The van der Waals surface area contributed by atoms with Gasteiger partial charge in [0.25, 0.3) is 0 Å². The second-order valence-electron chi connectivity index (χ2n) is 5.79. The predicted molar refractivity (Wildman–Crippen MR) is 77.5 cm³/mol. The smallest absolute Gasteiger partial charge is 0.140 e. The number of methoxy groups -OCH3 is 2. The minimum absolute atomic E-state index is 0.265. The van der Waals surface area contributed by atoms with Gasteiger partial charge in [-0.1, -0.05) is 37.5 Å². The summed E-state index contributed by atoms with van der Waals surface area (Å²) in [6, 6.07) is 0. The molecular formula is C17H20O3. The maximum Gasteiger partial charge on any atom is 0.140 e. The predicted octanol–water partition coefficient (Wildman–Crippen LogP) is 2.03. The van der Waals surface area contributed by atoms with Crippen LogP contribution in [0.4, 0.5) is 0 Å². The van der Waals surface area contributed by atoms with E-state index in [9.17, 15) is 5.11 Å². The molecule has 2 unspecified atom stereocenters. The summed E-state index contributed by atoms with van der Waals surface area (Å²) in [6.45, 7) is 4.14. The molecule has 0 aromatic heterocycles. The number of fused-ring (bicyclic) bond motifs is 2. The molecule has 2 bridgehead atoms. The van der Waals surface area contributed by atoms with Gasteiger partial charge in [-0.2, -0.15) is 0 Å². The number of hydrogen-bond acceptors (Lipinski definition) is 3. The molecule has 2 rings (SSSR count). The van der Waals surface area contributed by atoms with Crippen LogP contribution < -0.4 is 0 Å². The highest BCUT2D eigenvalue weighted by Crippen LogP contribution is 2.47. The molecular weight excluding hydrogens is 252 g/mol. The van der Waals surface area contributed by atoms with Crippen LogP contribution in [0.1, 0.15) is 26.7 Å². The van der Waals surface area contributed by atoms with Gasteiger partial charge in [0, 0.05) is 30.9 Å². The number of hydrogen-bond donors (Lipinski definition) is 1. The lowest BCUT2D eigenvalue weighted by molar-refractivity contribution is -0.0178. The van der Waals surface area contributed by atoms with Crippen LogP contribution in [0.5, 0.6) is 0 Å². The van der Waals surface area contributed by atoms with Crippen LogP contribution in [0.2, 0.25) is 0 Å². The fraction of sp³-hybridized carbons (Fsp3) is 0.529. The van der Waals surface area contributed by atoms with E-state index in [0.717, 1.165) is 11.3 Å². The Morgan fingerprint density at radius 3 is 2.60 bits per heavy atom. The SMILES string of the molecule is COC1=C2CC(OC)(C#CC=CC#CC2O)CC1(C)C. The Balaban J connectivity index is 2.64. The fourth-order valence-corrected chi connectivity index (χ4v) is 3.06. The highest BCUT2D eigenvalue weighted by molar-refractivity contribution is 5.40. The number of ether oxygens (including phenoxy) is 2. The zero-order valence-corrected chi connectivity index (χ0v) is 12.4. The van der Waals surface area contributed by atoms with Gasteiger partial charge < -0.3 is 14.6 Å². The van der Waals surface area contributed by atoms with Gasteiger partial charge >= 0.3 is 0 Å². The van der Waals surface area contributed by atoms with Crippen molar-refractivity contribution in [3.05, 3.63) is 23.5 Å². The molecule has 2 aliphatic carbocycles. The van der Waals surface area contributed by atoms with E-state index in [0.29, 0.717) is 12.8 Å². The Labute approximate surface area is 120 Å². The van der Waals surface area contributed by atoms with Crippen molar-refractivity contribution in [3.63, 3.8) is 0 Å². The first-order valence-electron chi connectivity index (χ1n) is 6.64. The van der Waals surface area contributed by atoms with Crippen molar-refractivity contribution in [2.24, 2.45) is 5.41 Å². The molecule has 2 aliphatic rings. The van der Waals surface area contributed by atoms with Gasteiger partial charge in [0.1, 0.15) is 17.5 Å². The molecule has 0 saturated carbocycles. The maximum atomic E-state index is 10.3. The van der Waals surface area contributed by atoms with Gasteiger partial charge in [-0.15, -0.1) is 0 Å². The molecule has 0 fully saturated rings. The summed E-state index contributed by atoms with van der Waals surface area (Å²) in [7, 11) is 3.29. The van der Waals surface area contributed by atoms with Gasteiger partial charge in [0.05, 0.1) is 7.11 Å². The number of allylic oxidation sites excluding steroid dienone is 3. The molecule has 0 aliphatic heterocycles. The molecule has 0 spiro atoms. The van der Waals surface area contributed by atoms with E-state index in [1.807, 2.05) is 0 Å². The summed E-state index contributed by atoms with van der Waals surface area (Å²) in [6.07, 6.45) is 3.69. The Morgan fingerprint density at radius 2 is 1.95 bits per heavy atom. The van der Waals surface area contributed by atoms with Crippen molar-refractivity contribution in [2.45, 2.75) is 38.4 Å². The summed E-state index contributed by atoms with van der Waals surface area (Å²) in [5.41, 5.74) is -0.105. The van der Waals surface area contributed by atoms with Crippen molar-refractivity contribution in [1.82, 2.24) is 0 Å². The van der Waals surface area contributed by atoms with Crippen molar-refractivity contribution in [1.29, 1.82) is 0 Å². The Morgan fingerprint density at radius 1 is 1.25 bits per heavy atom. The first-order chi connectivity index (χ1) is 9.44. The van der Waals surface area contributed by atoms with E-state index < -0.39 is 11.7 Å². The van der Waals surface area contributed by atoms with Gasteiger partial charge in [-0.05, 0) is 12.2 Å². The molecule has 0 radical (unpaired) electrons. The van der Waals surface area contributed by atoms with Crippen molar-refractivity contribution in [3.8, 4) is 23.7 Å². The van der Waals surface area contributed by atoms with E-state index in [-0.39, 0.29) is 5.41 Å². The van der Waals surface area contributed by atoms with E-state index in [1.54, 1.807) is 26.4 Å². The van der Waals surface area contributed by atoms with Crippen LogP contribution in [0.15, 0.2) is 23.5 Å². The van der Waals surface area contributed by atoms with Gasteiger partial charge in [0.2, 0.25) is 0 Å². The summed E-state index contributed by atoms with van der Waals surface area (Å²) in [5, 5.41) is 10.3. The van der Waals surface area contributed by atoms with Crippen molar-refractivity contribution < 1.29 is 14.6 Å². The monoisotopic (exact) mass is 272 g/mol. The summed E-state index contributed by atoms with van der Waals surface area (Å²) in [4.78, 5) is 0. The van der Waals surface area contributed by atoms with Crippen LogP contribution in [0.3, 0.4) is 0 Å². The molecule has 0 heterocycles. The third kappa shape index (κ3) is 2.61. The Bertz CT molecular complexity index is 575. The van der Waals surface area contributed by atoms with Crippen LogP contribution in [0.25, 0.3) is 0 Å². The normalized spacial score (nSPS) is 30.8. The molecule has 106 valence electrons. The lowest BCUT2D eigenvalue weighted by Gasteiger charge is -2.43. The van der Waals surface area contributed by atoms with Crippen LogP contribution in [-0.4, -0.2) is 31.0 Å². The minimum atomic E-state index is -0.858. The zero-order chi connectivity index (χ0) is 14.8. The standard InChI is InChI=1S/C17H20O3/c1-16(2)12-17(20-4)10-8-6-5-7-9-14(18)13(11-17)15(16)19-3/h5-6,14,18H,11-12H2,1-4H3. The van der Waals surface area contributed by atoms with E-state index in [1.165, 1.54) is 0 Å². The quantitative estimate of drug-likeness (QED) is 0.782. The highest BCUT2D eigenvalue weighted by atomic mass is 16.5. The van der Waals surface area contributed by atoms with Crippen molar-refractivity contribution in [2.75, 3.05) is 14.2 Å². The summed E-state index contributed by atoms with van der Waals surface area (Å²) < 4.78 is 11.3. The number of aliphatic hydroxyl groups excluding tert-OH is 1. The molecule has 1 N–H and O–H groups in total. The van der Waals surface area contributed by atoms with E-state index in [2.05, 4.69) is 37.5 Å². The highest BCUT2D eigenvalue weighted by Gasteiger charge is 2.46. The zero-order valence-electron chi connectivity index (χ0n) is 12.4. The van der Waals surface area contributed by atoms with Crippen LogP contribution in [-0.2, 0) is 9.47 Å². The van der Waals surface area contributed by atoms with E-state index in [4.69, 9.17) is 9.47 Å². The molecule has 0 saturated heterocycles. The minimum Gasteiger partial charge on any atom is -0.500 e. The Hall–Kier alpha value is -1.68. The third-order valence-electron chi connectivity index (χ3n) is 3.80. The molecule has 0 amide bonds. The molecule has 2 atom stereocenters. The number of rotatable bonds is 2. The summed E-state index contributed by atoms with van der Waals surface area (Å²) >= 11 is 0. The topological polar surface area (TPSA) is 38.7 Å². The lowest BCUT2D eigenvalue weighted by atomic mass is 9.68. The lowest BCUT2D eigenvalue weighted by Crippen LogP contribution is -2.43. The average Bonchev–Trinajstić information content (AvgIpc) is 2.40. The largest absolute Gasteiger partial charge is 0.500 e. The van der Waals surface area contributed by atoms with E-state index >= 15 is 0 Å².